The number of nitrogens with one attached hydrogen (secondary N) is 1. The van der Waals surface area contributed by atoms with Crippen LogP contribution in [0.15, 0.2) is 45.7 Å². The van der Waals surface area contributed by atoms with Crippen LogP contribution in [0.4, 0.5) is 4.79 Å². The Morgan fingerprint density at radius 2 is 1.85 bits per heavy atom. The van der Waals surface area contributed by atoms with E-state index < -0.39 is 5.91 Å². The lowest BCUT2D eigenvalue weighted by Crippen LogP contribution is -2.17. The predicted molar refractivity (Wildman–Crippen MR) is 78.3 cm³/mol. The first-order chi connectivity index (χ1) is 9.61. The van der Waals surface area contributed by atoms with Gasteiger partial charge in [0.2, 0.25) is 0 Å². The molecule has 1 aliphatic heterocycles. The quantitative estimate of drug-likeness (QED) is 0.854. The van der Waals surface area contributed by atoms with Gasteiger partial charge in [-0.15, -0.1) is 0 Å². The van der Waals surface area contributed by atoms with Gasteiger partial charge in [0.25, 0.3) is 11.1 Å². The zero-order valence-electron chi connectivity index (χ0n) is 10.1. The molecule has 0 radical (unpaired) electrons. The third-order valence-corrected chi connectivity index (χ3v) is 3.73. The van der Waals surface area contributed by atoms with Crippen LogP contribution in [0.2, 0.25) is 5.02 Å². The minimum atomic E-state index is -0.399. The van der Waals surface area contributed by atoms with Crippen molar-refractivity contribution in [3.63, 3.8) is 0 Å². The normalized spacial score (nSPS) is 16.8. The molecule has 20 heavy (non-hydrogen) atoms. The highest BCUT2D eigenvalue weighted by molar-refractivity contribution is 8.18. The summed E-state index contributed by atoms with van der Waals surface area (Å²) < 4.78 is 5.63. The monoisotopic (exact) mass is 305 g/mol. The van der Waals surface area contributed by atoms with Gasteiger partial charge in [-0.2, -0.15) is 0 Å². The summed E-state index contributed by atoms with van der Waals surface area (Å²) in [6.07, 6.45) is 1.55. The van der Waals surface area contributed by atoms with Crippen molar-refractivity contribution in [3.05, 3.63) is 52.1 Å². The van der Waals surface area contributed by atoms with E-state index in [1.165, 1.54) is 0 Å². The topological polar surface area (TPSA) is 59.3 Å². The number of amides is 2. The maximum Gasteiger partial charge on any atom is 0.290 e. The van der Waals surface area contributed by atoms with Crippen LogP contribution in [-0.4, -0.2) is 11.1 Å². The fourth-order valence-electron chi connectivity index (χ4n) is 1.75. The number of rotatable bonds is 2. The number of carbonyl (C=O) groups excluding carboxylic acids is 2. The SMILES string of the molecule is O=C1NC(=O)/C(=C/c2ccc(-c3ccc(Cl)cc3)o2)S1. The van der Waals surface area contributed by atoms with E-state index >= 15 is 0 Å². The Kier molecular flexibility index (Phi) is 3.38. The molecule has 4 nitrogen and oxygen atoms in total. The van der Waals surface area contributed by atoms with E-state index in [2.05, 4.69) is 5.32 Å². The van der Waals surface area contributed by atoms with Gasteiger partial charge >= 0.3 is 0 Å². The van der Waals surface area contributed by atoms with Crippen molar-refractivity contribution >= 4 is 40.6 Å². The molecule has 0 unspecified atom stereocenters. The van der Waals surface area contributed by atoms with Gasteiger partial charge in [0.15, 0.2) is 0 Å². The van der Waals surface area contributed by atoms with Crippen LogP contribution < -0.4 is 5.32 Å². The summed E-state index contributed by atoms with van der Waals surface area (Å²) in [4.78, 5) is 22.8. The summed E-state index contributed by atoms with van der Waals surface area (Å²) in [6, 6.07) is 10.8. The molecule has 0 aliphatic carbocycles. The van der Waals surface area contributed by atoms with Crippen LogP contribution in [-0.2, 0) is 4.79 Å². The third kappa shape index (κ3) is 2.64. The Hall–Kier alpha value is -1.98. The van der Waals surface area contributed by atoms with Crippen LogP contribution >= 0.6 is 23.4 Å². The van der Waals surface area contributed by atoms with E-state index in [1.807, 2.05) is 12.1 Å². The average molecular weight is 306 g/mol. The Morgan fingerprint density at radius 3 is 2.50 bits per heavy atom. The van der Waals surface area contributed by atoms with E-state index in [0.717, 1.165) is 17.3 Å². The number of thioether (sulfide) groups is 1. The Morgan fingerprint density at radius 1 is 1.10 bits per heavy atom. The van der Waals surface area contributed by atoms with Crippen molar-refractivity contribution in [1.29, 1.82) is 0 Å². The summed E-state index contributed by atoms with van der Waals surface area (Å²) in [7, 11) is 0. The van der Waals surface area contributed by atoms with Crippen molar-refractivity contribution < 1.29 is 14.0 Å². The molecule has 3 rings (SSSR count). The van der Waals surface area contributed by atoms with Crippen LogP contribution in [0.1, 0.15) is 5.76 Å². The summed E-state index contributed by atoms with van der Waals surface area (Å²) >= 11 is 6.69. The van der Waals surface area contributed by atoms with Crippen molar-refractivity contribution in [2.24, 2.45) is 0 Å². The van der Waals surface area contributed by atoms with Crippen LogP contribution in [0.5, 0.6) is 0 Å². The molecule has 0 bridgehead atoms. The lowest BCUT2D eigenvalue weighted by atomic mass is 10.2. The highest BCUT2D eigenvalue weighted by atomic mass is 35.5. The minimum absolute atomic E-state index is 0.326. The molecule has 0 saturated carbocycles. The van der Waals surface area contributed by atoms with Gasteiger partial charge in [-0.3, -0.25) is 14.9 Å². The van der Waals surface area contributed by atoms with E-state index in [1.54, 1.807) is 30.3 Å². The molecule has 1 aromatic carbocycles. The van der Waals surface area contributed by atoms with Gasteiger partial charge in [0.05, 0.1) is 4.91 Å². The van der Waals surface area contributed by atoms with Gasteiger partial charge in [0.1, 0.15) is 11.5 Å². The predicted octanol–water partition coefficient (Wildman–Crippen LogP) is 3.92. The molecular formula is C14H8ClNO3S. The van der Waals surface area contributed by atoms with E-state index in [4.69, 9.17) is 16.0 Å². The van der Waals surface area contributed by atoms with E-state index in [9.17, 15) is 9.59 Å². The van der Waals surface area contributed by atoms with Crippen LogP contribution in [0.3, 0.4) is 0 Å². The second kappa shape index (κ2) is 5.19. The highest BCUT2D eigenvalue weighted by Gasteiger charge is 2.25. The molecule has 2 aromatic rings. The Bertz CT molecular complexity index is 718. The maximum atomic E-state index is 11.4. The standard InChI is InChI=1S/C14H8ClNO3S/c15-9-3-1-8(2-4-9)11-6-5-10(19-11)7-12-13(17)16-14(18)20-12/h1-7H,(H,16,17,18)/b12-7-. The molecule has 1 saturated heterocycles. The van der Waals surface area contributed by atoms with Crippen LogP contribution in [0, 0.1) is 0 Å². The number of carbonyl (C=O) groups is 2. The number of imide groups is 1. The zero-order valence-corrected chi connectivity index (χ0v) is 11.6. The highest BCUT2D eigenvalue weighted by Crippen LogP contribution is 2.28. The summed E-state index contributed by atoms with van der Waals surface area (Å²) in [6.45, 7) is 0. The lowest BCUT2D eigenvalue weighted by molar-refractivity contribution is -0.115. The average Bonchev–Trinajstić information content (AvgIpc) is 2.98. The molecule has 2 heterocycles. The van der Waals surface area contributed by atoms with Gasteiger partial charge in [-0.05, 0) is 48.2 Å². The Labute approximate surface area is 123 Å². The van der Waals surface area contributed by atoms with Gasteiger partial charge in [0, 0.05) is 16.7 Å². The van der Waals surface area contributed by atoms with Crippen molar-refractivity contribution in [2.45, 2.75) is 0 Å². The van der Waals surface area contributed by atoms with Crippen molar-refractivity contribution in [3.8, 4) is 11.3 Å². The summed E-state index contributed by atoms with van der Waals surface area (Å²) in [5.74, 6) is 0.787. The van der Waals surface area contributed by atoms with Gasteiger partial charge in [-0.1, -0.05) is 11.6 Å². The number of furan rings is 1. The van der Waals surface area contributed by atoms with Gasteiger partial charge in [-0.25, -0.2) is 0 Å². The summed E-state index contributed by atoms with van der Waals surface area (Å²) in [5.41, 5.74) is 0.888. The molecule has 0 atom stereocenters. The number of halogens is 1. The van der Waals surface area contributed by atoms with Crippen LogP contribution in [0.25, 0.3) is 17.4 Å². The molecule has 1 aromatic heterocycles. The molecular weight excluding hydrogens is 298 g/mol. The fourth-order valence-corrected chi connectivity index (χ4v) is 2.54. The number of benzene rings is 1. The number of hydrogen-bond donors (Lipinski definition) is 1. The van der Waals surface area contributed by atoms with Crippen molar-refractivity contribution in [2.75, 3.05) is 0 Å². The van der Waals surface area contributed by atoms with E-state index in [-0.39, 0.29) is 5.24 Å². The summed E-state index contributed by atoms with van der Waals surface area (Å²) in [5, 5.41) is 2.48. The fraction of sp³-hybridized carbons (Fsp3) is 0. The number of hydrogen-bond acceptors (Lipinski definition) is 4. The largest absolute Gasteiger partial charge is 0.457 e. The molecule has 1 N–H and O–H groups in total. The van der Waals surface area contributed by atoms with Gasteiger partial charge < -0.3 is 4.42 Å². The third-order valence-electron chi connectivity index (χ3n) is 2.67. The molecule has 100 valence electrons. The molecule has 0 spiro atoms. The molecule has 6 heteroatoms. The maximum absolute atomic E-state index is 11.4. The Balaban J connectivity index is 1.87. The minimum Gasteiger partial charge on any atom is -0.457 e. The first kappa shape index (κ1) is 13.0. The second-order valence-corrected chi connectivity index (χ2v) is 5.51. The van der Waals surface area contributed by atoms with E-state index in [0.29, 0.717) is 21.4 Å². The second-order valence-electron chi connectivity index (χ2n) is 4.06. The zero-order chi connectivity index (χ0) is 14.1. The first-order valence-corrected chi connectivity index (χ1v) is 6.92. The molecule has 1 aliphatic rings. The molecule has 1 fully saturated rings. The first-order valence-electron chi connectivity index (χ1n) is 5.72. The molecule has 2 amide bonds. The smallest absolute Gasteiger partial charge is 0.290 e. The lowest BCUT2D eigenvalue weighted by Gasteiger charge is -1.96. The van der Waals surface area contributed by atoms with Crippen molar-refractivity contribution in [1.82, 2.24) is 5.32 Å².